The number of aromatic nitrogens is 3. The molecule has 4 heteroatoms. The van der Waals surface area contributed by atoms with Crippen LogP contribution in [0.5, 0.6) is 0 Å². The van der Waals surface area contributed by atoms with Crippen molar-refractivity contribution < 1.29 is 4.79 Å². The minimum absolute atomic E-state index is 0.0554. The van der Waals surface area contributed by atoms with Gasteiger partial charge in [-0.2, -0.15) is 0 Å². The first-order chi connectivity index (χ1) is 9.34. The summed E-state index contributed by atoms with van der Waals surface area (Å²) in [6.07, 6.45) is 3.13. The van der Waals surface area contributed by atoms with Crippen molar-refractivity contribution in [1.29, 1.82) is 0 Å². The van der Waals surface area contributed by atoms with Gasteiger partial charge in [-0.05, 0) is 12.1 Å². The van der Waals surface area contributed by atoms with E-state index in [0.29, 0.717) is 5.56 Å². The Morgan fingerprint density at radius 1 is 1.00 bits per heavy atom. The number of ketones is 1. The first-order valence-electron chi connectivity index (χ1n) is 5.92. The third-order valence-electron chi connectivity index (χ3n) is 2.80. The van der Waals surface area contributed by atoms with E-state index in [-0.39, 0.29) is 5.78 Å². The van der Waals surface area contributed by atoms with Gasteiger partial charge >= 0.3 is 0 Å². The van der Waals surface area contributed by atoms with Crippen LogP contribution in [0.15, 0.2) is 60.7 Å². The summed E-state index contributed by atoms with van der Waals surface area (Å²) < 4.78 is 1.59. The second-order valence-electron chi connectivity index (χ2n) is 4.07. The zero-order chi connectivity index (χ0) is 13.1. The molecular formula is C15H11N3O. The smallest absolute Gasteiger partial charge is 0.187 e. The first kappa shape index (κ1) is 11.3. The van der Waals surface area contributed by atoms with Crippen molar-refractivity contribution in [2.75, 3.05) is 0 Å². The van der Waals surface area contributed by atoms with Crippen LogP contribution >= 0.6 is 0 Å². The highest BCUT2D eigenvalue weighted by Gasteiger charge is 2.02. The van der Waals surface area contributed by atoms with Gasteiger partial charge in [0.1, 0.15) is 5.52 Å². The molecule has 1 aromatic heterocycles. The molecule has 1 heterocycles. The van der Waals surface area contributed by atoms with E-state index < -0.39 is 0 Å². The Bertz CT molecular complexity index is 744. The van der Waals surface area contributed by atoms with Crippen LogP contribution in [0.2, 0.25) is 0 Å². The number of allylic oxidation sites excluding steroid dienone is 1. The summed E-state index contributed by atoms with van der Waals surface area (Å²) in [5.74, 6) is -0.0554. The highest BCUT2D eigenvalue weighted by atomic mass is 16.1. The van der Waals surface area contributed by atoms with Crippen molar-refractivity contribution in [3.05, 3.63) is 66.2 Å². The molecule has 0 N–H and O–H groups in total. The van der Waals surface area contributed by atoms with E-state index in [4.69, 9.17) is 0 Å². The second-order valence-corrected chi connectivity index (χ2v) is 4.07. The standard InChI is InChI=1S/C15H11N3O/c19-15(12-6-2-1-3-7-12)10-11-18-14-9-5-4-8-13(14)16-17-18/h1-11H. The van der Waals surface area contributed by atoms with E-state index in [1.807, 2.05) is 42.5 Å². The minimum Gasteiger partial charge on any atom is -0.289 e. The molecule has 0 atom stereocenters. The summed E-state index contributed by atoms with van der Waals surface area (Å²) >= 11 is 0. The summed E-state index contributed by atoms with van der Waals surface area (Å²) in [5, 5.41) is 8.01. The lowest BCUT2D eigenvalue weighted by Gasteiger charge is -1.95. The molecule has 0 aliphatic carbocycles. The van der Waals surface area contributed by atoms with E-state index in [9.17, 15) is 4.79 Å². The Kier molecular flexibility index (Phi) is 2.90. The summed E-state index contributed by atoms with van der Waals surface area (Å²) in [6.45, 7) is 0. The van der Waals surface area contributed by atoms with E-state index in [1.54, 1.807) is 23.0 Å². The summed E-state index contributed by atoms with van der Waals surface area (Å²) in [4.78, 5) is 11.9. The zero-order valence-electron chi connectivity index (χ0n) is 10.1. The van der Waals surface area contributed by atoms with E-state index >= 15 is 0 Å². The molecule has 0 radical (unpaired) electrons. The maximum Gasteiger partial charge on any atom is 0.187 e. The summed E-state index contributed by atoms with van der Waals surface area (Å²) in [5.41, 5.74) is 2.34. The molecule has 0 fully saturated rings. The molecular weight excluding hydrogens is 238 g/mol. The quantitative estimate of drug-likeness (QED) is 0.529. The number of para-hydroxylation sites is 1. The monoisotopic (exact) mass is 249 g/mol. The molecule has 2 aromatic carbocycles. The molecule has 3 rings (SSSR count). The fourth-order valence-corrected chi connectivity index (χ4v) is 1.83. The van der Waals surface area contributed by atoms with Crippen LogP contribution in [-0.4, -0.2) is 20.8 Å². The molecule has 0 unspecified atom stereocenters. The van der Waals surface area contributed by atoms with Gasteiger partial charge in [0.25, 0.3) is 0 Å². The SMILES string of the molecule is O=C(C=Cn1nnc2ccccc21)c1ccccc1. The Balaban J connectivity index is 1.89. The molecule has 19 heavy (non-hydrogen) atoms. The maximum atomic E-state index is 11.9. The van der Waals surface area contributed by atoms with Crippen molar-refractivity contribution in [1.82, 2.24) is 15.0 Å². The normalized spacial score (nSPS) is 11.2. The lowest BCUT2D eigenvalue weighted by atomic mass is 10.1. The molecule has 0 aliphatic rings. The molecule has 4 nitrogen and oxygen atoms in total. The van der Waals surface area contributed by atoms with Crippen LogP contribution in [0, 0.1) is 0 Å². The molecule has 0 aliphatic heterocycles. The molecule has 0 amide bonds. The Labute approximate surface area is 110 Å². The first-order valence-corrected chi connectivity index (χ1v) is 5.92. The van der Waals surface area contributed by atoms with E-state index in [2.05, 4.69) is 10.3 Å². The number of fused-ring (bicyclic) bond motifs is 1. The van der Waals surface area contributed by atoms with Gasteiger partial charge in [0.05, 0.1) is 5.52 Å². The lowest BCUT2D eigenvalue weighted by Crippen LogP contribution is -1.96. The predicted octanol–water partition coefficient (Wildman–Crippen LogP) is 2.78. The topological polar surface area (TPSA) is 47.8 Å². The lowest BCUT2D eigenvalue weighted by molar-refractivity contribution is 0.104. The number of carbonyl (C=O) groups is 1. The largest absolute Gasteiger partial charge is 0.289 e. The van der Waals surface area contributed by atoms with Crippen LogP contribution < -0.4 is 0 Å². The molecule has 0 bridgehead atoms. The number of carbonyl (C=O) groups excluding carboxylic acids is 1. The number of nitrogens with zero attached hydrogens (tertiary/aromatic N) is 3. The molecule has 0 saturated carbocycles. The summed E-state index contributed by atoms with van der Waals surface area (Å²) in [7, 11) is 0. The van der Waals surface area contributed by atoms with Gasteiger partial charge in [0, 0.05) is 17.8 Å². The highest BCUT2D eigenvalue weighted by molar-refractivity contribution is 6.06. The average Bonchev–Trinajstić information content (AvgIpc) is 2.89. The van der Waals surface area contributed by atoms with Crippen LogP contribution in [0.3, 0.4) is 0 Å². The molecule has 3 aromatic rings. The van der Waals surface area contributed by atoms with Gasteiger partial charge < -0.3 is 0 Å². The van der Waals surface area contributed by atoms with Gasteiger partial charge in [0.15, 0.2) is 5.78 Å². The third-order valence-corrected chi connectivity index (χ3v) is 2.80. The number of benzene rings is 2. The molecule has 0 saturated heterocycles. The van der Waals surface area contributed by atoms with Gasteiger partial charge in [-0.25, -0.2) is 4.68 Å². The van der Waals surface area contributed by atoms with Crippen LogP contribution in [-0.2, 0) is 0 Å². The highest BCUT2D eigenvalue weighted by Crippen LogP contribution is 2.10. The number of hydrogen-bond donors (Lipinski definition) is 0. The van der Waals surface area contributed by atoms with Gasteiger partial charge in [-0.1, -0.05) is 47.7 Å². The zero-order valence-corrected chi connectivity index (χ0v) is 10.1. The Morgan fingerprint density at radius 3 is 2.58 bits per heavy atom. The molecule has 0 spiro atoms. The van der Waals surface area contributed by atoms with E-state index in [0.717, 1.165) is 11.0 Å². The van der Waals surface area contributed by atoms with Crippen LogP contribution in [0.25, 0.3) is 17.2 Å². The predicted molar refractivity (Wildman–Crippen MR) is 73.6 cm³/mol. The van der Waals surface area contributed by atoms with Gasteiger partial charge in [0.2, 0.25) is 0 Å². The Hall–Kier alpha value is -2.75. The summed E-state index contributed by atoms with van der Waals surface area (Å²) in [6, 6.07) is 16.7. The fourth-order valence-electron chi connectivity index (χ4n) is 1.83. The fraction of sp³-hybridized carbons (Fsp3) is 0. The molecule has 92 valence electrons. The number of hydrogen-bond acceptors (Lipinski definition) is 3. The third kappa shape index (κ3) is 2.28. The minimum atomic E-state index is -0.0554. The van der Waals surface area contributed by atoms with Gasteiger partial charge in [-0.15, -0.1) is 5.10 Å². The maximum absolute atomic E-state index is 11.9. The number of rotatable bonds is 3. The van der Waals surface area contributed by atoms with Crippen LogP contribution in [0.4, 0.5) is 0 Å². The van der Waals surface area contributed by atoms with Crippen molar-refractivity contribution in [3.63, 3.8) is 0 Å². The van der Waals surface area contributed by atoms with Gasteiger partial charge in [-0.3, -0.25) is 4.79 Å². The second kappa shape index (κ2) is 4.86. The average molecular weight is 249 g/mol. The van der Waals surface area contributed by atoms with Crippen molar-refractivity contribution in [3.8, 4) is 0 Å². The Morgan fingerprint density at radius 2 is 1.74 bits per heavy atom. The van der Waals surface area contributed by atoms with Crippen molar-refractivity contribution in [2.45, 2.75) is 0 Å². The van der Waals surface area contributed by atoms with Crippen LogP contribution in [0.1, 0.15) is 10.4 Å². The van der Waals surface area contributed by atoms with E-state index in [1.165, 1.54) is 6.08 Å². The van der Waals surface area contributed by atoms with Crippen molar-refractivity contribution in [2.24, 2.45) is 0 Å². The van der Waals surface area contributed by atoms with Crippen molar-refractivity contribution >= 4 is 23.0 Å².